The van der Waals surface area contributed by atoms with Gasteiger partial charge in [0.25, 0.3) is 0 Å². The van der Waals surface area contributed by atoms with Crippen LogP contribution in [-0.2, 0) is 11.2 Å². The summed E-state index contributed by atoms with van der Waals surface area (Å²) in [7, 11) is 1.48. The molecule has 0 unspecified atom stereocenters. The van der Waals surface area contributed by atoms with Gasteiger partial charge in [-0.25, -0.2) is 4.79 Å². The summed E-state index contributed by atoms with van der Waals surface area (Å²) in [6.07, 6.45) is 1.73. The molecule has 0 saturated carbocycles. The average molecular weight is 519 g/mol. The summed E-state index contributed by atoms with van der Waals surface area (Å²) in [5, 5.41) is 15.0. The van der Waals surface area contributed by atoms with Gasteiger partial charge in [-0.05, 0) is 30.7 Å². The summed E-state index contributed by atoms with van der Waals surface area (Å²) in [6.45, 7) is 1.93. The van der Waals surface area contributed by atoms with Crippen molar-refractivity contribution >= 4 is 46.7 Å². The Morgan fingerprint density at radius 1 is 1.23 bits per heavy atom. The second-order valence-corrected chi connectivity index (χ2v) is 8.83. The van der Waals surface area contributed by atoms with E-state index in [9.17, 15) is 14.7 Å². The lowest BCUT2D eigenvalue weighted by atomic mass is 10.1. The van der Waals surface area contributed by atoms with E-state index in [0.717, 1.165) is 15.6 Å². The van der Waals surface area contributed by atoms with E-state index in [-0.39, 0.29) is 41.0 Å². The third-order valence-corrected chi connectivity index (χ3v) is 6.86. The number of allylic oxidation sites excluding steroid dienone is 1. The largest absolute Gasteiger partial charge is 1.00 e. The maximum atomic E-state index is 13.0. The first-order valence-corrected chi connectivity index (χ1v) is 10.9. The number of benzene rings is 2. The van der Waals surface area contributed by atoms with Gasteiger partial charge in [-0.2, -0.15) is 0 Å². The van der Waals surface area contributed by atoms with Crippen LogP contribution in [0, 0.1) is 6.92 Å². The van der Waals surface area contributed by atoms with Gasteiger partial charge in [0.1, 0.15) is 11.3 Å². The van der Waals surface area contributed by atoms with E-state index in [2.05, 4.69) is 5.32 Å². The lowest BCUT2D eigenvalue weighted by molar-refractivity contribution is -0.607. The number of anilines is 1. The van der Waals surface area contributed by atoms with E-state index >= 15 is 0 Å². The minimum Gasteiger partial charge on any atom is -1.00 e. The van der Waals surface area contributed by atoms with Gasteiger partial charge in [0.2, 0.25) is 11.6 Å². The minimum atomic E-state index is -0.211. The number of nitrogens with zero attached hydrogens (tertiary/aromatic N) is 1. The number of phenols is 1. The molecule has 1 aromatic heterocycles. The fraction of sp³-hybridized carbons (Fsp3) is 0.136. The molecule has 1 aliphatic heterocycles. The number of aromatic nitrogens is 1. The van der Waals surface area contributed by atoms with Gasteiger partial charge in [0.15, 0.2) is 11.5 Å². The molecule has 9 heteroatoms. The topological polar surface area (TPSA) is 79.5 Å². The van der Waals surface area contributed by atoms with E-state index < -0.39 is 0 Å². The highest BCUT2D eigenvalue weighted by molar-refractivity contribution is 8.05. The second-order valence-electron chi connectivity index (χ2n) is 6.68. The molecule has 2 heterocycles. The molecule has 0 atom stereocenters. The zero-order valence-electron chi connectivity index (χ0n) is 16.7. The Balaban J connectivity index is 0.00000272. The number of aryl methyl sites for hydroxylation is 1. The Hall–Kier alpha value is -2.62. The summed E-state index contributed by atoms with van der Waals surface area (Å²) in [6, 6.07) is 12.7. The maximum absolute atomic E-state index is 13.0. The first-order chi connectivity index (χ1) is 14.5. The van der Waals surface area contributed by atoms with Crippen LogP contribution in [0.5, 0.6) is 11.5 Å². The van der Waals surface area contributed by atoms with Crippen LogP contribution >= 0.6 is 23.1 Å². The average Bonchev–Trinajstić information content (AvgIpc) is 3.25. The summed E-state index contributed by atoms with van der Waals surface area (Å²) in [5.74, 6) is -0.0648. The van der Waals surface area contributed by atoms with Crippen LogP contribution in [0.1, 0.15) is 21.6 Å². The molecule has 31 heavy (non-hydrogen) atoms. The molecule has 160 valence electrons. The van der Waals surface area contributed by atoms with Crippen molar-refractivity contribution in [3.8, 4) is 11.5 Å². The summed E-state index contributed by atoms with van der Waals surface area (Å²) in [4.78, 5) is 26.0. The van der Waals surface area contributed by atoms with Gasteiger partial charge in [-0.15, -0.1) is 4.57 Å². The minimum absolute atomic E-state index is 0. The number of hydrogen-bond donors (Lipinski definition) is 2. The summed E-state index contributed by atoms with van der Waals surface area (Å²) < 4.78 is 7.48. The number of hydrogen-bond acceptors (Lipinski definition) is 6. The number of carbonyl (C=O) groups is 2. The van der Waals surface area contributed by atoms with Crippen LogP contribution in [0.2, 0.25) is 0 Å². The SMILES string of the molecule is COc1cccc(/C=C2/Sc3scc(CC(=O)Nc4ccccc4C)[n+]3C2=O)c1O.[Br-]. The van der Waals surface area contributed by atoms with E-state index in [4.69, 9.17) is 4.74 Å². The smallest absolute Gasteiger partial charge is 0.433 e. The lowest BCUT2D eigenvalue weighted by Gasteiger charge is -2.06. The highest BCUT2D eigenvalue weighted by Gasteiger charge is 2.41. The van der Waals surface area contributed by atoms with Crippen molar-refractivity contribution in [1.29, 1.82) is 0 Å². The van der Waals surface area contributed by atoms with Crippen LogP contribution in [0.3, 0.4) is 0 Å². The molecule has 0 saturated heterocycles. The highest BCUT2D eigenvalue weighted by Crippen LogP contribution is 2.38. The molecule has 0 aliphatic carbocycles. The lowest BCUT2D eigenvalue weighted by Crippen LogP contribution is -3.00. The highest BCUT2D eigenvalue weighted by atomic mass is 79.9. The van der Waals surface area contributed by atoms with Crippen molar-refractivity contribution in [1.82, 2.24) is 0 Å². The van der Waals surface area contributed by atoms with Crippen LogP contribution in [0.4, 0.5) is 5.69 Å². The molecular formula is C22H19BrN2O4S2. The Bertz CT molecular complexity index is 1190. The molecule has 2 aromatic carbocycles. The molecule has 3 aromatic rings. The van der Waals surface area contributed by atoms with Gasteiger partial charge < -0.3 is 32.1 Å². The molecular weight excluding hydrogens is 500 g/mol. The number of halogens is 1. The van der Waals surface area contributed by atoms with Crippen LogP contribution < -0.4 is 31.6 Å². The fourth-order valence-corrected chi connectivity index (χ4v) is 5.30. The van der Waals surface area contributed by atoms with Gasteiger partial charge in [-0.1, -0.05) is 41.7 Å². The third-order valence-electron chi connectivity index (χ3n) is 4.67. The van der Waals surface area contributed by atoms with Gasteiger partial charge in [0.05, 0.1) is 12.5 Å². The maximum Gasteiger partial charge on any atom is 0.433 e. The number of thioether (sulfide) groups is 1. The number of ether oxygens (including phenoxy) is 1. The van der Waals surface area contributed by atoms with Crippen molar-refractivity contribution in [2.24, 2.45) is 0 Å². The van der Waals surface area contributed by atoms with Crippen molar-refractivity contribution < 1.29 is 41.0 Å². The van der Waals surface area contributed by atoms with Crippen LogP contribution in [-0.4, -0.2) is 24.0 Å². The number of fused-ring (bicyclic) bond motifs is 1. The Morgan fingerprint density at radius 2 is 2.00 bits per heavy atom. The predicted molar refractivity (Wildman–Crippen MR) is 117 cm³/mol. The first kappa shape index (κ1) is 23.1. The predicted octanol–water partition coefficient (Wildman–Crippen LogP) is 1.03. The van der Waals surface area contributed by atoms with Crippen molar-refractivity contribution in [2.75, 3.05) is 12.4 Å². The number of methoxy groups -OCH3 is 1. The molecule has 4 rings (SSSR count). The van der Waals surface area contributed by atoms with Crippen molar-refractivity contribution in [3.63, 3.8) is 0 Å². The number of thiazole rings is 1. The summed E-state index contributed by atoms with van der Waals surface area (Å²) >= 11 is 2.74. The first-order valence-electron chi connectivity index (χ1n) is 9.16. The van der Waals surface area contributed by atoms with Gasteiger partial charge >= 0.3 is 10.2 Å². The zero-order chi connectivity index (χ0) is 21.3. The Labute approximate surface area is 198 Å². The Kier molecular flexibility index (Phi) is 7.19. The van der Waals surface area contributed by atoms with E-state index in [1.807, 2.05) is 36.6 Å². The molecule has 0 radical (unpaired) electrons. The van der Waals surface area contributed by atoms with E-state index in [1.165, 1.54) is 30.2 Å². The number of aromatic hydroxyl groups is 1. The summed E-state index contributed by atoms with van der Waals surface area (Å²) in [5.41, 5.74) is 2.87. The number of rotatable bonds is 5. The molecule has 0 spiro atoms. The number of phenolic OH excluding ortho intramolecular Hbond substituents is 1. The quantitative estimate of drug-likeness (QED) is 0.389. The van der Waals surface area contributed by atoms with Crippen molar-refractivity contribution in [2.45, 2.75) is 17.7 Å². The van der Waals surface area contributed by atoms with Crippen molar-refractivity contribution in [3.05, 3.63) is 69.6 Å². The number of amides is 1. The van der Waals surface area contributed by atoms with Gasteiger partial charge in [0, 0.05) is 23.0 Å². The number of carbonyl (C=O) groups excluding carboxylic acids is 2. The standard InChI is InChI=1S/C22H18N2O4S2.BrH/c1-13-6-3-4-8-16(13)23-19(25)11-15-12-29-22-24(15)21(27)18(30-22)10-14-7-5-9-17(28-2)20(14)26;/h3-10,12H,11H2,1-2H3,(H-,23,25,26,27);1H. The molecule has 1 amide bonds. The molecule has 0 bridgehead atoms. The molecule has 1 aliphatic rings. The monoisotopic (exact) mass is 518 g/mol. The molecule has 0 fully saturated rings. The Morgan fingerprint density at radius 3 is 2.74 bits per heavy atom. The molecule has 2 N–H and O–H groups in total. The van der Waals surface area contributed by atoms with Crippen LogP contribution in [0.25, 0.3) is 6.08 Å². The van der Waals surface area contributed by atoms with E-state index in [0.29, 0.717) is 21.9 Å². The van der Waals surface area contributed by atoms with Crippen LogP contribution in [0.15, 0.2) is 57.1 Å². The second kappa shape index (κ2) is 9.67. The normalized spacial score (nSPS) is 13.6. The van der Waals surface area contributed by atoms with Gasteiger partial charge in [-0.3, -0.25) is 4.79 Å². The molecule has 6 nitrogen and oxygen atoms in total. The number of para-hydroxylation sites is 2. The van der Waals surface area contributed by atoms with E-state index in [1.54, 1.807) is 28.8 Å². The third kappa shape index (κ3) is 4.68. The fourth-order valence-electron chi connectivity index (χ4n) is 3.12. The zero-order valence-corrected chi connectivity index (χ0v) is 19.9. The number of nitrogens with one attached hydrogen (secondary N) is 1.